The van der Waals surface area contributed by atoms with Crippen molar-refractivity contribution in [1.29, 1.82) is 0 Å². The molecule has 1 atom stereocenters. The normalized spacial score (nSPS) is 23.4. The van der Waals surface area contributed by atoms with Crippen molar-refractivity contribution in [3.63, 3.8) is 0 Å². The fraction of sp³-hybridized carbons (Fsp3) is 0.385. The minimum absolute atomic E-state index is 0.0711. The van der Waals surface area contributed by atoms with Gasteiger partial charge in [-0.1, -0.05) is 0 Å². The average molecular weight is 230 g/mol. The number of benzene rings is 1. The number of ketones is 1. The van der Waals surface area contributed by atoms with E-state index in [1.807, 2.05) is 18.2 Å². The molecule has 1 heterocycles. The molecule has 2 N–H and O–H groups in total. The zero-order valence-corrected chi connectivity index (χ0v) is 9.48. The summed E-state index contributed by atoms with van der Waals surface area (Å²) in [6, 6.07) is 5.56. The molecule has 1 aromatic carbocycles. The SMILES string of the molecule is NC1CC(=O)N(c2ccc3c(c2)CCC3=O)C1. The zero-order chi connectivity index (χ0) is 12.0. The van der Waals surface area contributed by atoms with E-state index in [2.05, 4.69) is 0 Å². The second kappa shape index (κ2) is 3.67. The summed E-state index contributed by atoms with van der Waals surface area (Å²) in [4.78, 5) is 25.0. The summed E-state index contributed by atoms with van der Waals surface area (Å²) in [5.41, 5.74) is 8.51. The molecule has 17 heavy (non-hydrogen) atoms. The van der Waals surface area contributed by atoms with Crippen LogP contribution in [0.4, 0.5) is 5.69 Å². The summed E-state index contributed by atoms with van der Waals surface area (Å²) in [5, 5.41) is 0. The van der Waals surface area contributed by atoms with Crippen LogP contribution in [0.25, 0.3) is 0 Å². The standard InChI is InChI=1S/C13H14N2O2/c14-9-6-13(17)15(7-9)10-2-3-11-8(5-10)1-4-12(11)16/h2-3,5,9H,1,4,6-7,14H2. The van der Waals surface area contributed by atoms with Crippen LogP contribution in [0.3, 0.4) is 0 Å². The van der Waals surface area contributed by atoms with E-state index < -0.39 is 0 Å². The molecule has 0 aromatic heterocycles. The number of carbonyl (C=O) groups is 2. The maximum atomic E-state index is 11.7. The van der Waals surface area contributed by atoms with Gasteiger partial charge in [-0.3, -0.25) is 9.59 Å². The van der Waals surface area contributed by atoms with Crippen LogP contribution in [0.15, 0.2) is 18.2 Å². The predicted octanol–water partition coefficient (Wildman–Crippen LogP) is 0.879. The lowest BCUT2D eigenvalue weighted by atomic mass is 10.1. The van der Waals surface area contributed by atoms with Gasteiger partial charge in [-0.15, -0.1) is 0 Å². The first-order chi connectivity index (χ1) is 8.15. The van der Waals surface area contributed by atoms with Gasteiger partial charge >= 0.3 is 0 Å². The summed E-state index contributed by atoms with van der Waals surface area (Å²) < 4.78 is 0. The van der Waals surface area contributed by atoms with Crippen LogP contribution >= 0.6 is 0 Å². The number of carbonyl (C=O) groups excluding carboxylic acids is 2. The molecular formula is C13H14N2O2. The van der Waals surface area contributed by atoms with Crippen LogP contribution in [-0.2, 0) is 11.2 Å². The van der Waals surface area contributed by atoms with E-state index in [1.165, 1.54) is 0 Å². The van der Waals surface area contributed by atoms with Gasteiger partial charge in [0.15, 0.2) is 5.78 Å². The minimum Gasteiger partial charge on any atom is -0.326 e. The Bertz CT molecular complexity index is 510. The van der Waals surface area contributed by atoms with Crippen LogP contribution in [0.2, 0.25) is 0 Å². The third kappa shape index (κ3) is 1.65. The second-order valence-corrected chi connectivity index (χ2v) is 4.73. The van der Waals surface area contributed by atoms with E-state index in [4.69, 9.17) is 5.73 Å². The van der Waals surface area contributed by atoms with E-state index in [0.29, 0.717) is 19.4 Å². The molecule has 3 rings (SSSR count). The first kappa shape index (κ1) is 10.5. The molecule has 88 valence electrons. The molecule has 0 saturated carbocycles. The number of hydrogen-bond donors (Lipinski definition) is 1. The van der Waals surface area contributed by atoms with Gasteiger partial charge in [-0.2, -0.15) is 0 Å². The maximum Gasteiger partial charge on any atom is 0.228 e. The lowest BCUT2D eigenvalue weighted by molar-refractivity contribution is -0.117. The number of amides is 1. The molecule has 4 heteroatoms. The molecule has 1 fully saturated rings. The maximum absolute atomic E-state index is 11.7. The molecule has 1 aliphatic carbocycles. The van der Waals surface area contributed by atoms with Crippen LogP contribution in [0.5, 0.6) is 0 Å². The molecule has 1 amide bonds. The largest absolute Gasteiger partial charge is 0.326 e. The van der Waals surface area contributed by atoms with Gasteiger partial charge in [0, 0.05) is 36.7 Å². The Kier molecular flexibility index (Phi) is 2.26. The number of nitrogens with zero attached hydrogens (tertiary/aromatic N) is 1. The van der Waals surface area contributed by atoms with E-state index in [9.17, 15) is 9.59 Å². The fourth-order valence-electron chi connectivity index (χ4n) is 2.59. The minimum atomic E-state index is -0.0719. The summed E-state index contributed by atoms with van der Waals surface area (Å²) >= 11 is 0. The predicted molar refractivity (Wildman–Crippen MR) is 64.0 cm³/mol. The van der Waals surface area contributed by atoms with Gasteiger partial charge < -0.3 is 10.6 Å². The number of Topliss-reactive ketones (excluding diaryl/α,β-unsaturated/α-hetero) is 1. The zero-order valence-electron chi connectivity index (χ0n) is 9.48. The lowest BCUT2D eigenvalue weighted by Crippen LogP contribution is -2.28. The second-order valence-electron chi connectivity index (χ2n) is 4.73. The van der Waals surface area contributed by atoms with Crippen LogP contribution in [0.1, 0.15) is 28.8 Å². The van der Waals surface area contributed by atoms with Gasteiger partial charge in [0.2, 0.25) is 5.91 Å². The van der Waals surface area contributed by atoms with Gasteiger partial charge in [0.05, 0.1) is 0 Å². The number of aryl methyl sites for hydroxylation is 1. The summed E-state index contributed by atoms with van der Waals surface area (Å²) in [7, 11) is 0. The Morgan fingerprint density at radius 1 is 1.24 bits per heavy atom. The molecule has 1 unspecified atom stereocenters. The highest BCUT2D eigenvalue weighted by molar-refractivity contribution is 6.02. The van der Waals surface area contributed by atoms with Gasteiger partial charge in [0.25, 0.3) is 0 Å². The van der Waals surface area contributed by atoms with Crippen molar-refractivity contribution in [3.8, 4) is 0 Å². The molecule has 0 bridgehead atoms. The van der Waals surface area contributed by atoms with E-state index in [-0.39, 0.29) is 17.7 Å². The molecule has 0 spiro atoms. The Labute approximate surface area is 99.4 Å². The van der Waals surface area contributed by atoms with Crippen LogP contribution in [0, 0.1) is 0 Å². The fourth-order valence-corrected chi connectivity index (χ4v) is 2.59. The number of hydrogen-bond acceptors (Lipinski definition) is 3. The Morgan fingerprint density at radius 3 is 2.76 bits per heavy atom. The molecule has 1 aliphatic heterocycles. The molecule has 0 radical (unpaired) electrons. The third-order valence-electron chi connectivity index (χ3n) is 3.48. The van der Waals surface area contributed by atoms with Crippen molar-refractivity contribution in [3.05, 3.63) is 29.3 Å². The molecule has 1 aromatic rings. The molecule has 1 saturated heterocycles. The number of anilines is 1. The number of nitrogens with two attached hydrogens (primary N) is 1. The smallest absolute Gasteiger partial charge is 0.228 e. The van der Waals surface area contributed by atoms with Gasteiger partial charge in [0.1, 0.15) is 0 Å². The van der Waals surface area contributed by atoms with Crippen LogP contribution in [-0.4, -0.2) is 24.3 Å². The third-order valence-corrected chi connectivity index (χ3v) is 3.48. The Morgan fingerprint density at radius 2 is 2.06 bits per heavy atom. The molecule has 2 aliphatic rings. The number of fused-ring (bicyclic) bond motifs is 1. The Hall–Kier alpha value is -1.68. The van der Waals surface area contributed by atoms with Gasteiger partial charge in [-0.05, 0) is 30.2 Å². The summed E-state index contributed by atoms with van der Waals surface area (Å²) in [6.45, 7) is 0.575. The highest BCUT2D eigenvalue weighted by Gasteiger charge is 2.29. The van der Waals surface area contributed by atoms with E-state index in [1.54, 1.807) is 4.90 Å². The van der Waals surface area contributed by atoms with Gasteiger partial charge in [-0.25, -0.2) is 0 Å². The van der Waals surface area contributed by atoms with Crippen molar-refractivity contribution >= 4 is 17.4 Å². The first-order valence-electron chi connectivity index (χ1n) is 5.87. The molecule has 4 nitrogen and oxygen atoms in total. The van der Waals surface area contributed by atoms with E-state index >= 15 is 0 Å². The van der Waals surface area contributed by atoms with Crippen molar-refractivity contribution in [2.45, 2.75) is 25.3 Å². The number of rotatable bonds is 1. The lowest BCUT2D eigenvalue weighted by Gasteiger charge is -2.17. The van der Waals surface area contributed by atoms with Crippen molar-refractivity contribution < 1.29 is 9.59 Å². The quantitative estimate of drug-likeness (QED) is 0.779. The summed E-state index contributed by atoms with van der Waals surface area (Å²) in [5.74, 6) is 0.276. The summed E-state index contributed by atoms with van der Waals surface area (Å²) in [6.07, 6.45) is 1.79. The van der Waals surface area contributed by atoms with Crippen molar-refractivity contribution in [2.75, 3.05) is 11.4 Å². The highest BCUT2D eigenvalue weighted by atomic mass is 16.2. The van der Waals surface area contributed by atoms with Crippen LogP contribution < -0.4 is 10.6 Å². The highest BCUT2D eigenvalue weighted by Crippen LogP contribution is 2.28. The topological polar surface area (TPSA) is 63.4 Å². The van der Waals surface area contributed by atoms with Crippen molar-refractivity contribution in [1.82, 2.24) is 0 Å². The average Bonchev–Trinajstić information content (AvgIpc) is 2.82. The van der Waals surface area contributed by atoms with Crippen molar-refractivity contribution in [2.24, 2.45) is 5.73 Å². The Balaban J connectivity index is 1.95. The molecular weight excluding hydrogens is 216 g/mol. The first-order valence-corrected chi connectivity index (χ1v) is 5.87. The monoisotopic (exact) mass is 230 g/mol. The van der Waals surface area contributed by atoms with E-state index in [0.717, 1.165) is 23.2 Å².